The van der Waals surface area contributed by atoms with E-state index in [9.17, 15) is 9.59 Å². The van der Waals surface area contributed by atoms with E-state index >= 15 is 0 Å². The first-order valence-corrected chi connectivity index (χ1v) is 10.6. The quantitative estimate of drug-likeness (QED) is 0.262. The van der Waals surface area contributed by atoms with Gasteiger partial charge in [-0.05, 0) is 0 Å². The molecule has 0 aromatic carbocycles. The van der Waals surface area contributed by atoms with Crippen molar-refractivity contribution in [3.05, 3.63) is 0 Å². The summed E-state index contributed by atoms with van der Waals surface area (Å²) in [6.07, 6.45) is 13.6. The van der Waals surface area contributed by atoms with E-state index in [-0.39, 0.29) is 0 Å². The average molecular weight is 352 g/mol. The molecule has 0 radical (unpaired) electrons. The molecule has 138 valence electrons. The van der Waals surface area contributed by atoms with E-state index in [1.165, 1.54) is 92.1 Å². The zero-order chi connectivity index (χ0) is 19.0. The second kappa shape index (κ2) is 16.4. The molecule has 0 amide bonds. The Bertz CT molecular complexity index is 317. The van der Waals surface area contributed by atoms with Gasteiger partial charge in [-0.2, -0.15) is 0 Å². The van der Waals surface area contributed by atoms with Gasteiger partial charge in [0.05, 0.1) is 0 Å². The number of hydrogen-bond donors (Lipinski definition) is 2. The molecule has 0 spiro atoms. The smallest absolute Gasteiger partial charge is 0.314 e. The van der Waals surface area contributed by atoms with Crippen LogP contribution in [-0.2, 0) is 9.59 Å². The fourth-order valence-corrected chi connectivity index (χ4v) is 4.18. The first-order valence-electron chi connectivity index (χ1n) is 9.64. The summed E-state index contributed by atoms with van der Waals surface area (Å²) in [6, 6.07) is 0. The van der Waals surface area contributed by atoms with Crippen LogP contribution in [0.1, 0.15) is 98.3 Å². The second-order valence-electron chi connectivity index (χ2n) is 7.36. The first-order chi connectivity index (χ1) is 11.2. The molecule has 0 saturated carbocycles. The Kier molecular flexibility index (Phi) is 17.9. The van der Waals surface area contributed by atoms with E-state index in [0.29, 0.717) is 2.66 Å². The summed E-state index contributed by atoms with van der Waals surface area (Å²) in [4.78, 5) is 18.9. The van der Waals surface area contributed by atoms with Crippen LogP contribution in [0, 0.1) is 5.92 Å². The molecule has 0 aromatic rings. The summed E-state index contributed by atoms with van der Waals surface area (Å²) < 4.78 is 0.705. The van der Waals surface area contributed by atoms with Crippen LogP contribution in [0.25, 0.3) is 0 Å². The molecule has 4 nitrogen and oxygen atoms in total. The fourth-order valence-electron chi connectivity index (χ4n) is 3.13. The van der Waals surface area contributed by atoms with E-state index in [0.717, 1.165) is 5.92 Å². The number of carboxylic acids is 2. The fraction of sp³-hybridized carbons (Fsp3) is 0.895. The van der Waals surface area contributed by atoms with Gasteiger partial charge in [-0.15, -0.1) is 0 Å². The topological polar surface area (TPSA) is 74.6 Å². The van der Waals surface area contributed by atoms with E-state index in [1.54, 1.807) is 0 Å². The Morgan fingerprint density at radius 3 is 1.79 bits per heavy atom. The Morgan fingerprint density at radius 2 is 1.42 bits per heavy atom. The van der Waals surface area contributed by atoms with Gasteiger partial charge in [0, 0.05) is 0 Å². The molecular formula is C19H37NaO4. The van der Waals surface area contributed by atoms with Crippen molar-refractivity contribution >= 4 is 39.9 Å². The van der Waals surface area contributed by atoms with Crippen LogP contribution in [-0.4, -0.2) is 50.1 Å². The molecular weight excluding hydrogens is 315 g/mol. The van der Waals surface area contributed by atoms with E-state index < -0.39 is 18.4 Å². The van der Waals surface area contributed by atoms with Crippen LogP contribution in [0.4, 0.5) is 0 Å². The minimum absolute atomic E-state index is 0.705. The molecule has 2 N–H and O–H groups in total. The summed E-state index contributed by atoms with van der Waals surface area (Å²) in [5, 5.41) is 15.4. The Morgan fingerprint density at radius 1 is 0.917 bits per heavy atom. The molecule has 0 aromatic heterocycles. The Labute approximate surface area is 166 Å². The molecule has 0 aliphatic heterocycles. The predicted molar refractivity (Wildman–Crippen MR) is 101 cm³/mol. The number of rotatable bonds is 13. The van der Waals surface area contributed by atoms with Crippen molar-refractivity contribution in [2.75, 3.05) is 0 Å². The van der Waals surface area contributed by atoms with Crippen molar-refractivity contribution in [3.63, 3.8) is 0 Å². The van der Waals surface area contributed by atoms with Crippen molar-refractivity contribution in [1.82, 2.24) is 0 Å². The summed E-state index contributed by atoms with van der Waals surface area (Å²) in [5.41, 5.74) is 0. The summed E-state index contributed by atoms with van der Waals surface area (Å²) in [5.74, 6) is -1.62. The van der Waals surface area contributed by atoms with Crippen LogP contribution in [0.3, 0.4) is 0 Å². The van der Waals surface area contributed by atoms with Crippen LogP contribution >= 0.6 is 0 Å². The van der Waals surface area contributed by atoms with Gasteiger partial charge in [0.2, 0.25) is 0 Å². The summed E-state index contributed by atoms with van der Waals surface area (Å²) in [7, 11) is 0. The van der Waals surface area contributed by atoms with Crippen molar-refractivity contribution in [3.8, 4) is 0 Å². The number of hydrogen-bond acceptors (Lipinski definition) is 2. The van der Waals surface area contributed by atoms with Crippen molar-refractivity contribution in [2.45, 2.75) is 101 Å². The summed E-state index contributed by atoms with van der Waals surface area (Å²) >= 11 is 1.38. The zero-order valence-corrected chi connectivity index (χ0v) is 18.6. The molecule has 0 saturated heterocycles. The molecule has 0 aliphatic rings. The molecule has 24 heavy (non-hydrogen) atoms. The van der Waals surface area contributed by atoms with Gasteiger partial charge in [-0.1, -0.05) is 0 Å². The molecule has 2 unspecified atom stereocenters. The van der Waals surface area contributed by atoms with Gasteiger partial charge < -0.3 is 10.2 Å². The molecule has 0 heterocycles. The van der Waals surface area contributed by atoms with Crippen LogP contribution < -0.4 is 0 Å². The first kappa shape index (κ1) is 26.2. The number of carboxylic acid groups (broad SMARTS) is 2. The zero-order valence-electron chi connectivity index (χ0n) is 16.6. The van der Waals surface area contributed by atoms with Gasteiger partial charge in [-0.25, -0.2) is 0 Å². The van der Waals surface area contributed by atoms with Gasteiger partial charge >= 0.3 is 140 Å². The minimum atomic E-state index is -1.31. The van der Waals surface area contributed by atoms with Crippen molar-refractivity contribution in [1.29, 1.82) is 0 Å². The van der Waals surface area contributed by atoms with Crippen molar-refractivity contribution in [2.24, 2.45) is 5.92 Å². The third-order valence-electron chi connectivity index (χ3n) is 4.73. The van der Waals surface area contributed by atoms with Crippen molar-refractivity contribution < 1.29 is 19.8 Å². The molecule has 5 heteroatoms. The van der Waals surface area contributed by atoms with Crippen LogP contribution in [0.2, 0.25) is 2.66 Å². The predicted octanol–water partition coefficient (Wildman–Crippen LogP) is 5.46. The molecule has 0 rings (SSSR count). The Hall–Kier alpha value is -0.0600. The second-order valence-corrected chi connectivity index (χ2v) is 9.65. The maximum absolute atomic E-state index is 9.43. The third kappa shape index (κ3) is 16.8. The standard InChI is InChI=1S/C16H33.C3H4O4.Na/c1-5-8-10-12-13-15(4)16(7-3)14-11-9-6-2;4-2(5)1-3(6)7;/h16H,5-14H2,1-4H3;1H2,(H,4,5)(H,6,7);. The SMILES string of the molecule is CCCCCC[C](C)([Na])C(CC)CCCCC.O=C(O)CC(=O)O. The molecule has 0 bridgehead atoms. The van der Waals surface area contributed by atoms with Crippen LogP contribution in [0.5, 0.6) is 0 Å². The molecule has 0 fully saturated rings. The van der Waals surface area contributed by atoms with Gasteiger partial charge in [-0.3, -0.25) is 9.59 Å². The third-order valence-corrected chi connectivity index (χ3v) is 6.05. The maximum Gasteiger partial charge on any atom is 0.314 e. The van der Waals surface area contributed by atoms with E-state index in [1.807, 2.05) is 0 Å². The molecule has 2 atom stereocenters. The Balaban J connectivity index is 0. The number of unbranched alkanes of at least 4 members (excludes halogenated alkanes) is 5. The van der Waals surface area contributed by atoms with Gasteiger partial charge in [0.25, 0.3) is 0 Å². The molecule has 0 aliphatic carbocycles. The number of carbonyl (C=O) groups is 2. The maximum atomic E-state index is 9.43. The normalized spacial score (nSPS) is 14.2. The van der Waals surface area contributed by atoms with E-state index in [2.05, 4.69) is 27.7 Å². The van der Waals surface area contributed by atoms with Gasteiger partial charge in [0.1, 0.15) is 6.42 Å². The minimum Gasteiger partial charge on any atom is -0.481 e. The number of aliphatic carboxylic acids is 2. The average Bonchev–Trinajstić information content (AvgIpc) is 2.47. The van der Waals surface area contributed by atoms with Gasteiger partial charge in [0.15, 0.2) is 0 Å². The van der Waals surface area contributed by atoms with Crippen LogP contribution in [0.15, 0.2) is 0 Å². The monoisotopic (exact) mass is 352 g/mol. The van der Waals surface area contributed by atoms with E-state index in [4.69, 9.17) is 10.2 Å². The summed E-state index contributed by atoms with van der Waals surface area (Å²) in [6.45, 7) is 9.58. The largest absolute Gasteiger partial charge is 0.481 e.